The van der Waals surface area contributed by atoms with E-state index in [0.717, 1.165) is 0 Å². The van der Waals surface area contributed by atoms with Crippen LogP contribution in [0.5, 0.6) is 5.75 Å². The number of fused-ring (bicyclic) bond motifs is 1. The van der Waals surface area contributed by atoms with Crippen molar-refractivity contribution in [2.45, 2.75) is 12.7 Å². The number of ether oxygens (including phenoxy) is 1. The molecule has 17 heavy (non-hydrogen) atoms. The summed E-state index contributed by atoms with van der Waals surface area (Å²) in [6.07, 6.45) is -4.55. The quantitative estimate of drug-likeness (QED) is 0.883. The molecule has 0 unspecified atom stereocenters. The van der Waals surface area contributed by atoms with Gasteiger partial charge in [0.2, 0.25) is 0 Å². The van der Waals surface area contributed by atoms with Crippen LogP contribution in [0, 0.1) is 0 Å². The number of methoxy groups -OCH3 is 1. The minimum Gasteiger partial charge on any atom is -0.496 e. The third-order valence-corrected chi connectivity index (χ3v) is 2.39. The Morgan fingerprint density at radius 2 is 2.12 bits per heavy atom. The van der Waals surface area contributed by atoms with Gasteiger partial charge in [-0.05, 0) is 12.1 Å². The van der Waals surface area contributed by atoms with Crippen LogP contribution in [0.25, 0.3) is 11.0 Å². The highest BCUT2D eigenvalue weighted by molar-refractivity contribution is 5.85. The van der Waals surface area contributed by atoms with Gasteiger partial charge in [-0.15, -0.1) is 0 Å². The molecular weight excluding hydrogens is 237 g/mol. The summed E-state index contributed by atoms with van der Waals surface area (Å²) in [6.45, 7) is 0.00695. The Hall–Kier alpha value is -1.76. The molecule has 1 heterocycles. The summed E-state index contributed by atoms with van der Waals surface area (Å²) in [5, 5.41) is 2.93. The molecule has 0 spiro atoms. The van der Waals surface area contributed by atoms with Gasteiger partial charge in [0.1, 0.15) is 5.75 Å². The summed E-state index contributed by atoms with van der Waals surface area (Å²) in [5.74, 6) is 0.380. The molecule has 0 aliphatic carbocycles. The number of alkyl halides is 3. The lowest BCUT2D eigenvalue weighted by Crippen LogP contribution is -2.06. The molecule has 0 saturated carbocycles. The molecule has 0 atom stereocenters. The lowest BCUT2D eigenvalue weighted by Gasteiger charge is -2.06. The van der Waals surface area contributed by atoms with E-state index in [1.165, 1.54) is 19.2 Å². The third-order valence-electron chi connectivity index (χ3n) is 2.39. The molecule has 2 aromatic rings. The maximum atomic E-state index is 12.6. The van der Waals surface area contributed by atoms with Crippen molar-refractivity contribution in [2.24, 2.45) is 5.73 Å². The lowest BCUT2D eigenvalue weighted by molar-refractivity contribution is -0.141. The van der Waals surface area contributed by atoms with Gasteiger partial charge in [-0.25, -0.2) is 0 Å². The molecule has 0 aliphatic heterocycles. The van der Waals surface area contributed by atoms with Crippen LogP contribution in [0.15, 0.2) is 16.7 Å². The predicted octanol–water partition coefficient (Wildman–Crippen LogP) is 2.31. The maximum Gasteiger partial charge on any atom is 0.437 e. The van der Waals surface area contributed by atoms with E-state index in [-0.39, 0.29) is 17.5 Å². The van der Waals surface area contributed by atoms with Gasteiger partial charge >= 0.3 is 6.18 Å². The van der Waals surface area contributed by atoms with Gasteiger partial charge in [-0.3, -0.25) is 0 Å². The number of hydrogen-bond donors (Lipinski definition) is 1. The Morgan fingerprint density at radius 3 is 2.65 bits per heavy atom. The van der Waals surface area contributed by atoms with Crippen LogP contribution in [0.4, 0.5) is 13.2 Å². The molecule has 0 fully saturated rings. The summed E-state index contributed by atoms with van der Waals surface area (Å²) in [5.41, 5.74) is 4.79. The van der Waals surface area contributed by atoms with Gasteiger partial charge < -0.3 is 15.0 Å². The van der Waals surface area contributed by atoms with E-state index in [4.69, 9.17) is 15.0 Å². The number of rotatable bonds is 2. The zero-order valence-corrected chi connectivity index (χ0v) is 8.84. The summed E-state index contributed by atoms with van der Waals surface area (Å²) in [4.78, 5) is 0. The molecule has 92 valence electrons. The van der Waals surface area contributed by atoms with E-state index < -0.39 is 11.9 Å². The van der Waals surface area contributed by atoms with Crippen LogP contribution in [-0.2, 0) is 12.7 Å². The second kappa shape index (κ2) is 3.92. The van der Waals surface area contributed by atoms with Gasteiger partial charge in [0, 0.05) is 6.54 Å². The summed E-state index contributed by atoms with van der Waals surface area (Å²) in [6, 6.07) is 2.67. The van der Waals surface area contributed by atoms with Gasteiger partial charge in [0.25, 0.3) is 0 Å². The Kier molecular flexibility index (Phi) is 2.70. The molecule has 4 nitrogen and oxygen atoms in total. The minimum absolute atomic E-state index is 0.00695. The van der Waals surface area contributed by atoms with Crippen molar-refractivity contribution in [1.82, 2.24) is 5.16 Å². The highest BCUT2D eigenvalue weighted by Gasteiger charge is 2.37. The monoisotopic (exact) mass is 246 g/mol. The Morgan fingerprint density at radius 1 is 1.41 bits per heavy atom. The SMILES string of the molecule is COc1ccc2c(C(F)(F)F)noc2c1CN. The maximum absolute atomic E-state index is 12.6. The van der Waals surface area contributed by atoms with Crippen LogP contribution in [0.3, 0.4) is 0 Å². The molecule has 0 aliphatic rings. The van der Waals surface area contributed by atoms with Crippen molar-refractivity contribution < 1.29 is 22.4 Å². The van der Waals surface area contributed by atoms with Gasteiger partial charge in [0.15, 0.2) is 11.3 Å². The Bertz CT molecular complexity index is 548. The van der Waals surface area contributed by atoms with Crippen LogP contribution in [-0.4, -0.2) is 12.3 Å². The van der Waals surface area contributed by atoms with Gasteiger partial charge in [0.05, 0.1) is 18.1 Å². The van der Waals surface area contributed by atoms with Crippen molar-refractivity contribution in [1.29, 1.82) is 0 Å². The molecule has 2 N–H and O–H groups in total. The molecule has 0 radical (unpaired) electrons. The van der Waals surface area contributed by atoms with Crippen molar-refractivity contribution in [2.75, 3.05) is 7.11 Å². The van der Waals surface area contributed by atoms with Crippen LogP contribution in [0.1, 0.15) is 11.3 Å². The Labute approximate surface area is 94.1 Å². The van der Waals surface area contributed by atoms with E-state index in [2.05, 4.69) is 5.16 Å². The first-order chi connectivity index (χ1) is 7.99. The second-order valence-corrected chi connectivity index (χ2v) is 3.36. The summed E-state index contributed by atoms with van der Waals surface area (Å²) >= 11 is 0. The van der Waals surface area contributed by atoms with E-state index >= 15 is 0 Å². The highest BCUT2D eigenvalue weighted by Crippen LogP contribution is 2.37. The van der Waals surface area contributed by atoms with Crippen molar-refractivity contribution in [3.63, 3.8) is 0 Å². The number of benzene rings is 1. The molecule has 0 saturated heterocycles. The van der Waals surface area contributed by atoms with Crippen LogP contribution >= 0.6 is 0 Å². The molecule has 2 rings (SSSR count). The lowest BCUT2D eigenvalue weighted by atomic mass is 10.1. The molecule has 1 aromatic carbocycles. The molecule has 0 bridgehead atoms. The minimum atomic E-state index is -4.55. The average molecular weight is 246 g/mol. The highest BCUT2D eigenvalue weighted by atomic mass is 19.4. The van der Waals surface area contributed by atoms with Gasteiger partial charge in [-0.2, -0.15) is 13.2 Å². The van der Waals surface area contributed by atoms with Gasteiger partial charge in [-0.1, -0.05) is 5.16 Å². The largest absolute Gasteiger partial charge is 0.496 e. The fraction of sp³-hybridized carbons (Fsp3) is 0.300. The number of halogens is 3. The smallest absolute Gasteiger partial charge is 0.437 e. The first-order valence-corrected chi connectivity index (χ1v) is 4.71. The zero-order chi connectivity index (χ0) is 12.6. The van der Waals surface area contributed by atoms with E-state index in [0.29, 0.717) is 11.3 Å². The first kappa shape index (κ1) is 11.7. The molecular formula is C10H9F3N2O2. The second-order valence-electron chi connectivity index (χ2n) is 3.36. The molecule has 0 amide bonds. The van der Waals surface area contributed by atoms with Crippen LogP contribution < -0.4 is 10.5 Å². The van der Waals surface area contributed by atoms with Crippen LogP contribution in [0.2, 0.25) is 0 Å². The molecule has 1 aromatic heterocycles. The van der Waals surface area contributed by atoms with Crippen molar-refractivity contribution in [3.05, 3.63) is 23.4 Å². The number of hydrogen-bond acceptors (Lipinski definition) is 4. The van der Waals surface area contributed by atoms with Crippen molar-refractivity contribution in [3.8, 4) is 5.75 Å². The number of nitrogens with zero attached hydrogens (tertiary/aromatic N) is 1. The summed E-state index contributed by atoms with van der Waals surface area (Å²) in [7, 11) is 1.40. The average Bonchev–Trinajstić information content (AvgIpc) is 2.70. The fourth-order valence-electron chi connectivity index (χ4n) is 1.63. The standard InChI is InChI=1S/C10H9F3N2O2/c1-16-7-3-2-5-8(6(7)4-14)17-15-9(5)10(11,12)13/h2-3H,4,14H2,1H3. The zero-order valence-electron chi connectivity index (χ0n) is 8.84. The predicted molar refractivity (Wildman–Crippen MR) is 53.5 cm³/mol. The number of nitrogens with two attached hydrogens (primary N) is 1. The Balaban J connectivity index is 2.73. The first-order valence-electron chi connectivity index (χ1n) is 4.71. The normalized spacial score (nSPS) is 12.1. The van der Waals surface area contributed by atoms with E-state index in [9.17, 15) is 13.2 Å². The topological polar surface area (TPSA) is 61.3 Å². The van der Waals surface area contributed by atoms with Crippen molar-refractivity contribution >= 4 is 11.0 Å². The fourth-order valence-corrected chi connectivity index (χ4v) is 1.63. The van der Waals surface area contributed by atoms with E-state index in [1.807, 2.05) is 0 Å². The third kappa shape index (κ3) is 1.82. The van der Waals surface area contributed by atoms with E-state index in [1.54, 1.807) is 0 Å². The summed E-state index contributed by atoms with van der Waals surface area (Å²) < 4.78 is 47.5. The number of aromatic nitrogens is 1. The molecule has 7 heteroatoms.